The lowest BCUT2D eigenvalue weighted by molar-refractivity contribution is 0.319. The van der Waals surface area contributed by atoms with Gasteiger partial charge in [-0.1, -0.05) is 19.4 Å². The van der Waals surface area contributed by atoms with Crippen LogP contribution in [-0.4, -0.2) is 9.78 Å². The van der Waals surface area contributed by atoms with Gasteiger partial charge in [0.2, 0.25) is 0 Å². The minimum atomic E-state index is 0.746. The van der Waals surface area contributed by atoms with E-state index in [2.05, 4.69) is 37.3 Å². The fourth-order valence-corrected chi connectivity index (χ4v) is 3.76. The molecule has 0 N–H and O–H groups in total. The molecule has 0 radical (unpaired) electrons. The molecular weight excluding hydrogens is 232 g/mol. The molecule has 0 spiro atoms. The summed E-state index contributed by atoms with van der Waals surface area (Å²) in [6.45, 7) is 4.59. The fraction of sp³-hybridized carbons (Fsp3) is 0.588. The standard InChI is InChI=1S/C17H24N2/c1-4-13-6-8-14(9-7-13)17-12(2)5-10-16-15(17)11-18-19(16)3/h5,10-11,13-14H,4,6-9H2,1-3H3. The summed E-state index contributed by atoms with van der Waals surface area (Å²) in [5.74, 6) is 1.71. The first kappa shape index (κ1) is 12.7. The Hall–Kier alpha value is -1.31. The maximum atomic E-state index is 4.44. The third-order valence-corrected chi connectivity index (χ3v) is 5.02. The fourth-order valence-electron chi connectivity index (χ4n) is 3.76. The van der Waals surface area contributed by atoms with Gasteiger partial charge in [0.25, 0.3) is 0 Å². The van der Waals surface area contributed by atoms with Crippen LogP contribution in [0.1, 0.15) is 56.1 Å². The van der Waals surface area contributed by atoms with E-state index in [9.17, 15) is 0 Å². The van der Waals surface area contributed by atoms with Crippen molar-refractivity contribution in [1.82, 2.24) is 9.78 Å². The van der Waals surface area contributed by atoms with Crippen molar-refractivity contribution in [2.45, 2.75) is 51.9 Å². The minimum Gasteiger partial charge on any atom is -0.268 e. The van der Waals surface area contributed by atoms with Crippen molar-refractivity contribution in [3.05, 3.63) is 29.5 Å². The molecule has 0 saturated heterocycles. The van der Waals surface area contributed by atoms with Gasteiger partial charge in [-0.2, -0.15) is 5.10 Å². The monoisotopic (exact) mass is 256 g/mol. The Morgan fingerprint density at radius 1 is 1.21 bits per heavy atom. The Bertz CT molecular complexity index is 574. The van der Waals surface area contributed by atoms with Crippen LogP contribution < -0.4 is 0 Å². The summed E-state index contributed by atoms with van der Waals surface area (Å²) < 4.78 is 2.00. The van der Waals surface area contributed by atoms with Gasteiger partial charge >= 0.3 is 0 Å². The Kier molecular flexibility index (Phi) is 3.34. The average molecular weight is 256 g/mol. The molecular formula is C17H24N2. The van der Waals surface area contributed by atoms with Crippen LogP contribution in [0.5, 0.6) is 0 Å². The SMILES string of the molecule is CCC1CCC(c2c(C)ccc3c2cnn3C)CC1. The van der Waals surface area contributed by atoms with Crippen molar-refractivity contribution >= 4 is 10.9 Å². The molecule has 1 heterocycles. The zero-order valence-electron chi connectivity index (χ0n) is 12.3. The zero-order chi connectivity index (χ0) is 13.4. The summed E-state index contributed by atoms with van der Waals surface area (Å²) in [5.41, 5.74) is 4.29. The minimum absolute atomic E-state index is 0.746. The highest BCUT2D eigenvalue weighted by atomic mass is 15.2. The van der Waals surface area contributed by atoms with Crippen LogP contribution in [0.25, 0.3) is 10.9 Å². The highest BCUT2D eigenvalue weighted by Gasteiger charge is 2.24. The molecule has 0 atom stereocenters. The quantitative estimate of drug-likeness (QED) is 0.770. The van der Waals surface area contributed by atoms with E-state index < -0.39 is 0 Å². The Morgan fingerprint density at radius 2 is 1.95 bits per heavy atom. The molecule has 1 aromatic heterocycles. The maximum absolute atomic E-state index is 4.44. The Morgan fingerprint density at radius 3 is 2.63 bits per heavy atom. The van der Waals surface area contributed by atoms with E-state index in [-0.39, 0.29) is 0 Å². The molecule has 0 bridgehead atoms. The number of hydrogen-bond acceptors (Lipinski definition) is 1. The van der Waals surface area contributed by atoms with Crippen molar-refractivity contribution in [1.29, 1.82) is 0 Å². The molecule has 1 aromatic carbocycles. The van der Waals surface area contributed by atoms with Crippen LogP contribution in [0.2, 0.25) is 0 Å². The molecule has 0 unspecified atom stereocenters. The first-order valence-corrected chi connectivity index (χ1v) is 7.62. The predicted octanol–water partition coefficient (Wildman–Crippen LogP) is 4.57. The van der Waals surface area contributed by atoms with Gasteiger partial charge in [0.05, 0.1) is 11.7 Å². The van der Waals surface area contributed by atoms with Gasteiger partial charge < -0.3 is 0 Å². The van der Waals surface area contributed by atoms with E-state index in [1.54, 1.807) is 5.56 Å². The Labute approximate surface area is 115 Å². The second kappa shape index (κ2) is 4.99. The molecule has 19 heavy (non-hydrogen) atoms. The largest absolute Gasteiger partial charge is 0.268 e. The van der Waals surface area contributed by atoms with Crippen molar-refractivity contribution in [2.75, 3.05) is 0 Å². The van der Waals surface area contributed by atoms with Gasteiger partial charge in [0.15, 0.2) is 0 Å². The van der Waals surface area contributed by atoms with Crippen LogP contribution in [-0.2, 0) is 7.05 Å². The third-order valence-electron chi connectivity index (χ3n) is 5.02. The van der Waals surface area contributed by atoms with Crippen LogP contribution in [0.3, 0.4) is 0 Å². The smallest absolute Gasteiger partial charge is 0.0682 e. The van der Waals surface area contributed by atoms with E-state index in [0.717, 1.165) is 11.8 Å². The maximum Gasteiger partial charge on any atom is 0.0682 e. The van der Waals surface area contributed by atoms with Gasteiger partial charge in [-0.3, -0.25) is 4.68 Å². The number of aryl methyl sites for hydroxylation is 2. The second-order valence-corrected chi connectivity index (χ2v) is 6.12. The van der Waals surface area contributed by atoms with Crippen LogP contribution in [0, 0.1) is 12.8 Å². The second-order valence-electron chi connectivity index (χ2n) is 6.12. The van der Waals surface area contributed by atoms with Crippen molar-refractivity contribution in [3.8, 4) is 0 Å². The summed E-state index contributed by atoms with van der Waals surface area (Å²) in [6.07, 6.45) is 8.92. The van der Waals surface area contributed by atoms with E-state index in [0.29, 0.717) is 0 Å². The molecule has 102 valence electrons. The van der Waals surface area contributed by atoms with Crippen LogP contribution in [0.15, 0.2) is 18.3 Å². The highest BCUT2D eigenvalue weighted by molar-refractivity contribution is 5.84. The third kappa shape index (κ3) is 2.18. The summed E-state index contributed by atoms with van der Waals surface area (Å²) in [5, 5.41) is 5.82. The van der Waals surface area contributed by atoms with Gasteiger partial charge in [-0.15, -0.1) is 0 Å². The van der Waals surface area contributed by atoms with E-state index >= 15 is 0 Å². The highest BCUT2D eigenvalue weighted by Crippen LogP contribution is 2.40. The number of fused-ring (bicyclic) bond motifs is 1. The average Bonchev–Trinajstić information content (AvgIpc) is 2.80. The first-order valence-electron chi connectivity index (χ1n) is 7.62. The summed E-state index contributed by atoms with van der Waals surface area (Å²) >= 11 is 0. The molecule has 1 aliphatic carbocycles. The lowest BCUT2D eigenvalue weighted by Crippen LogP contribution is -2.13. The molecule has 3 rings (SSSR count). The summed E-state index contributed by atoms with van der Waals surface area (Å²) in [6, 6.07) is 4.48. The van der Waals surface area contributed by atoms with Gasteiger partial charge in [0.1, 0.15) is 0 Å². The van der Waals surface area contributed by atoms with E-state index in [4.69, 9.17) is 0 Å². The summed E-state index contributed by atoms with van der Waals surface area (Å²) in [4.78, 5) is 0. The van der Waals surface area contributed by atoms with E-state index in [1.807, 2.05) is 11.7 Å². The molecule has 2 nitrogen and oxygen atoms in total. The summed E-state index contributed by atoms with van der Waals surface area (Å²) in [7, 11) is 2.04. The predicted molar refractivity (Wildman–Crippen MR) is 80.4 cm³/mol. The first-order chi connectivity index (χ1) is 9.20. The molecule has 2 aromatic rings. The van der Waals surface area contributed by atoms with Crippen LogP contribution >= 0.6 is 0 Å². The molecule has 1 fully saturated rings. The lowest BCUT2D eigenvalue weighted by Gasteiger charge is -2.29. The van der Waals surface area contributed by atoms with Gasteiger partial charge in [0, 0.05) is 12.4 Å². The number of aromatic nitrogens is 2. The van der Waals surface area contributed by atoms with Gasteiger partial charge in [-0.05, 0) is 61.6 Å². The molecule has 0 aliphatic heterocycles. The van der Waals surface area contributed by atoms with Crippen molar-refractivity contribution in [2.24, 2.45) is 13.0 Å². The number of benzene rings is 1. The number of nitrogens with zero attached hydrogens (tertiary/aromatic N) is 2. The molecule has 1 saturated carbocycles. The van der Waals surface area contributed by atoms with Crippen molar-refractivity contribution < 1.29 is 0 Å². The topological polar surface area (TPSA) is 17.8 Å². The molecule has 2 heteroatoms. The molecule has 0 amide bonds. The zero-order valence-corrected chi connectivity index (χ0v) is 12.3. The van der Waals surface area contributed by atoms with E-state index in [1.165, 1.54) is 48.6 Å². The number of rotatable bonds is 2. The lowest BCUT2D eigenvalue weighted by atomic mass is 9.76. The van der Waals surface area contributed by atoms with Crippen LogP contribution in [0.4, 0.5) is 0 Å². The number of hydrogen-bond donors (Lipinski definition) is 0. The van der Waals surface area contributed by atoms with Gasteiger partial charge in [-0.25, -0.2) is 0 Å². The Balaban J connectivity index is 1.98. The van der Waals surface area contributed by atoms with Crippen molar-refractivity contribution in [3.63, 3.8) is 0 Å². The molecule has 1 aliphatic rings. The normalized spacial score (nSPS) is 23.9.